The Balaban J connectivity index is 2.33. The van der Waals surface area contributed by atoms with E-state index in [1.165, 1.54) is 12.2 Å². The van der Waals surface area contributed by atoms with Crippen LogP contribution in [0, 0.1) is 11.8 Å². The molecule has 0 aromatic carbocycles. The fourth-order valence-corrected chi connectivity index (χ4v) is 1.34. The first-order chi connectivity index (χ1) is 10.6. The van der Waals surface area contributed by atoms with Crippen molar-refractivity contribution in [3.05, 3.63) is 54.4 Å². The second kappa shape index (κ2) is 10.3. The van der Waals surface area contributed by atoms with E-state index in [1.54, 1.807) is 30.6 Å². The zero-order chi connectivity index (χ0) is 16.2. The summed E-state index contributed by atoms with van der Waals surface area (Å²) in [6.45, 7) is -0.778. The van der Waals surface area contributed by atoms with Crippen molar-refractivity contribution < 1.29 is 24.9 Å². The Morgan fingerprint density at radius 1 is 1.41 bits per heavy atom. The maximum absolute atomic E-state index is 10.2. The molecule has 6 nitrogen and oxygen atoms in total. The van der Waals surface area contributed by atoms with Crippen LogP contribution in [0.3, 0.4) is 0 Å². The number of hydrogen-bond acceptors (Lipinski definition) is 5. The molecule has 0 unspecified atom stereocenters. The number of aromatic nitrogens is 1. The van der Waals surface area contributed by atoms with Crippen LogP contribution in [0.2, 0.25) is 0 Å². The van der Waals surface area contributed by atoms with E-state index in [1.807, 2.05) is 6.07 Å². The lowest BCUT2D eigenvalue weighted by atomic mass is 10.2. The van der Waals surface area contributed by atoms with Gasteiger partial charge in [-0.2, -0.15) is 0 Å². The van der Waals surface area contributed by atoms with Crippen LogP contribution in [0.1, 0.15) is 5.56 Å². The smallest absolute Gasteiger partial charge is 0.329 e. The summed E-state index contributed by atoms with van der Waals surface area (Å²) in [5.74, 6) is 4.54. The number of rotatable bonds is 7. The lowest BCUT2D eigenvalue weighted by Gasteiger charge is -2.13. The monoisotopic (exact) mass is 303 g/mol. The van der Waals surface area contributed by atoms with Gasteiger partial charge in [-0.15, -0.1) is 0 Å². The Kier molecular flexibility index (Phi) is 8.23. The summed E-state index contributed by atoms with van der Waals surface area (Å²) in [5, 5.41) is 27.4. The van der Waals surface area contributed by atoms with E-state index in [0.29, 0.717) is 0 Å². The maximum Gasteiger partial charge on any atom is 0.329 e. The van der Waals surface area contributed by atoms with Gasteiger partial charge in [0.2, 0.25) is 0 Å². The van der Waals surface area contributed by atoms with E-state index >= 15 is 0 Å². The minimum absolute atomic E-state index is 0.262. The van der Waals surface area contributed by atoms with Gasteiger partial charge in [0.05, 0.1) is 6.61 Å². The fraction of sp³-hybridized carbons (Fsp3) is 0.250. The molecule has 0 aliphatic rings. The third-order valence-electron chi connectivity index (χ3n) is 2.39. The van der Waals surface area contributed by atoms with E-state index in [9.17, 15) is 15.0 Å². The minimum Gasteiger partial charge on any atom is -0.480 e. The Hall–Kier alpha value is -2.46. The van der Waals surface area contributed by atoms with E-state index in [2.05, 4.69) is 21.6 Å². The first-order valence-electron chi connectivity index (χ1n) is 6.50. The van der Waals surface area contributed by atoms with Crippen LogP contribution in [0.4, 0.5) is 0 Å². The quantitative estimate of drug-likeness (QED) is 0.497. The van der Waals surface area contributed by atoms with Gasteiger partial charge in [-0.1, -0.05) is 30.1 Å². The Bertz CT molecular complexity index is 571. The molecule has 6 heteroatoms. The molecule has 1 aromatic rings. The van der Waals surface area contributed by atoms with Gasteiger partial charge in [-0.3, -0.25) is 4.98 Å². The van der Waals surface area contributed by atoms with Gasteiger partial charge >= 0.3 is 5.97 Å². The predicted molar refractivity (Wildman–Crippen MR) is 79.9 cm³/mol. The summed E-state index contributed by atoms with van der Waals surface area (Å²) in [5.41, 5.74) is 0.794. The van der Waals surface area contributed by atoms with Gasteiger partial charge < -0.3 is 20.1 Å². The SMILES string of the molecule is O=C(O)COC[C@H](O)[C@H](O)/C=C/C=C/C#Cc1cccnc1. The van der Waals surface area contributed by atoms with Crippen molar-refractivity contribution in [2.24, 2.45) is 0 Å². The summed E-state index contributed by atoms with van der Waals surface area (Å²) in [7, 11) is 0. The number of hydrogen-bond donors (Lipinski definition) is 3. The summed E-state index contributed by atoms with van der Waals surface area (Å²) in [6.07, 6.45) is 7.06. The number of nitrogens with zero attached hydrogens (tertiary/aromatic N) is 1. The van der Waals surface area contributed by atoms with Gasteiger partial charge in [0.1, 0.15) is 18.8 Å². The van der Waals surface area contributed by atoms with Gasteiger partial charge in [0.25, 0.3) is 0 Å². The molecular formula is C16H17NO5. The normalized spacial score (nSPS) is 13.7. The van der Waals surface area contributed by atoms with Crippen molar-refractivity contribution in [1.29, 1.82) is 0 Å². The first-order valence-corrected chi connectivity index (χ1v) is 6.50. The highest BCUT2D eigenvalue weighted by Crippen LogP contribution is 1.97. The summed E-state index contributed by atoms with van der Waals surface area (Å²) >= 11 is 0. The van der Waals surface area contributed by atoms with Gasteiger partial charge in [0.15, 0.2) is 0 Å². The number of carboxylic acid groups (broad SMARTS) is 1. The molecule has 0 radical (unpaired) electrons. The summed E-state index contributed by atoms with van der Waals surface area (Å²) in [4.78, 5) is 14.1. The van der Waals surface area contributed by atoms with Crippen molar-refractivity contribution in [3.8, 4) is 11.8 Å². The summed E-state index contributed by atoms with van der Waals surface area (Å²) in [6, 6.07) is 3.62. The Labute approximate surface area is 128 Å². The molecule has 22 heavy (non-hydrogen) atoms. The molecule has 0 aliphatic carbocycles. The lowest BCUT2D eigenvalue weighted by molar-refractivity contribution is -0.143. The molecule has 1 heterocycles. The van der Waals surface area contributed by atoms with Crippen LogP contribution in [-0.2, 0) is 9.53 Å². The maximum atomic E-state index is 10.2. The van der Waals surface area contributed by atoms with Crippen molar-refractivity contribution >= 4 is 5.97 Å². The molecule has 0 spiro atoms. The molecule has 0 saturated heterocycles. The van der Waals surface area contributed by atoms with E-state index in [0.717, 1.165) is 5.56 Å². The number of aliphatic carboxylic acids is 1. The van der Waals surface area contributed by atoms with Crippen LogP contribution in [-0.4, -0.2) is 51.7 Å². The molecule has 116 valence electrons. The van der Waals surface area contributed by atoms with Gasteiger partial charge in [0, 0.05) is 18.0 Å². The van der Waals surface area contributed by atoms with Crippen LogP contribution in [0.25, 0.3) is 0 Å². The number of pyridine rings is 1. The zero-order valence-corrected chi connectivity index (χ0v) is 11.8. The van der Waals surface area contributed by atoms with E-state index in [4.69, 9.17) is 5.11 Å². The average Bonchev–Trinajstić information content (AvgIpc) is 2.51. The minimum atomic E-state index is -1.19. The number of aliphatic hydroxyl groups is 2. The second-order valence-electron chi connectivity index (χ2n) is 4.22. The van der Waals surface area contributed by atoms with E-state index < -0.39 is 24.8 Å². The molecule has 0 amide bonds. The van der Waals surface area contributed by atoms with Gasteiger partial charge in [-0.05, 0) is 18.2 Å². The van der Waals surface area contributed by atoms with Crippen LogP contribution in [0.15, 0.2) is 48.8 Å². The summed E-state index contributed by atoms with van der Waals surface area (Å²) < 4.78 is 4.68. The fourth-order valence-electron chi connectivity index (χ4n) is 1.34. The number of carbonyl (C=O) groups is 1. The molecule has 2 atom stereocenters. The number of ether oxygens (including phenoxy) is 1. The van der Waals surface area contributed by atoms with E-state index in [-0.39, 0.29) is 6.61 Å². The molecule has 0 fully saturated rings. The second-order valence-corrected chi connectivity index (χ2v) is 4.22. The van der Waals surface area contributed by atoms with Crippen molar-refractivity contribution in [2.45, 2.75) is 12.2 Å². The van der Waals surface area contributed by atoms with Gasteiger partial charge in [-0.25, -0.2) is 4.79 Å². The first kappa shape index (κ1) is 17.6. The van der Waals surface area contributed by atoms with Crippen molar-refractivity contribution in [1.82, 2.24) is 4.98 Å². The topological polar surface area (TPSA) is 99.9 Å². The van der Waals surface area contributed by atoms with Crippen molar-refractivity contribution in [2.75, 3.05) is 13.2 Å². The molecule has 3 N–H and O–H groups in total. The molecule has 0 aliphatic heterocycles. The highest BCUT2D eigenvalue weighted by atomic mass is 16.5. The molecular weight excluding hydrogens is 286 g/mol. The van der Waals surface area contributed by atoms with Crippen LogP contribution in [0.5, 0.6) is 0 Å². The molecule has 0 saturated carbocycles. The van der Waals surface area contributed by atoms with Crippen LogP contribution >= 0.6 is 0 Å². The predicted octanol–water partition coefficient (Wildman–Crippen LogP) is 0.368. The molecule has 1 rings (SSSR count). The Morgan fingerprint density at radius 2 is 2.23 bits per heavy atom. The zero-order valence-electron chi connectivity index (χ0n) is 11.8. The molecule has 0 bridgehead atoms. The largest absolute Gasteiger partial charge is 0.480 e. The number of carboxylic acids is 1. The average molecular weight is 303 g/mol. The highest BCUT2D eigenvalue weighted by molar-refractivity contribution is 5.67. The number of aliphatic hydroxyl groups excluding tert-OH is 2. The standard InChI is InChI=1S/C16H17NO5/c18-14(15(19)11-22-12-16(20)21)8-4-2-1-3-6-13-7-5-9-17-10-13/h1-2,4-5,7-10,14-15,18-19H,11-12H2,(H,20,21)/b2-1+,8-4+/t14-,15+/m1/s1. The third kappa shape index (κ3) is 7.97. The highest BCUT2D eigenvalue weighted by Gasteiger charge is 2.13. The third-order valence-corrected chi connectivity index (χ3v) is 2.39. The number of allylic oxidation sites excluding steroid dienone is 3. The molecule has 1 aromatic heterocycles. The van der Waals surface area contributed by atoms with Crippen molar-refractivity contribution in [3.63, 3.8) is 0 Å². The van der Waals surface area contributed by atoms with Crippen LogP contribution < -0.4 is 0 Å². The Morgan fingerprint density at radius 3 is 2.91 bits per heavy atom. The lowest BCUT2D eigenvalue weighted by Crippen LogP contribution is -2.29.